The number of esters is 1. The molecule has 30 heavy (non-hydrogen) atoms. The lowest BCUT2D eigenvalue weighted by Crippen LogP contribution is -2.23. The first-order chi connectivity index (χ1) is 14.5. The molecule has 0 saturated heterocycles. The Morgan fingerprint density at radius 3 is 2.43 bits per heavy atom. The van der Waals surface area contributed by atoms with Crippen LogP contribution in [-0.4, -0.2) is 19.0 Å². The molecule has 6 heteroatoms. The van der Waals surface area contributed by atoms with Crippen molar-refractivity contribution in [2.45, 2.75) is 20.1 Å². The van der Waals surface area contributed by atoms with Crippen molar-refractivity contribution in [3.05, 3.63) is 99.6 Å². The molecule has 154 valence electrons. The molecule has 0 aliphatic rings. The summed E-state index contributed by atoms with van der Waals surface area (Å²) in [6.45, 7) is 2.57. The maximum atomic E-state index is 12.7. The molecule has 0 aliphatic heterocycles. The Kier molecular flexibility index (Phi) is 7.09. The molecule has 0 fully saturated rings. The molecule has 3 rings (SSSR count). The average molecular weight is 424 g/mol. The number of carbonyl (C=O) groups excluding carboxylic acids is 2. The third-order valence-corrected chi connectivity index (χ3v) is 4.81. The summed E-state index contributed by atoms with van der Waals surface area (Å²) in [5.41, 5.74) is 3.69. The summed E-state index contributed by atoms with van der Waals surface area (Å²) in [5.74, 6) is 0.0155. The number of hydrogen-bond acceptors (Lipinski definition) is 4. The van der Waals surface area contributed by atoms with E-state index in [1.54, 1.807) is 30.3 Å². The van der Waals surface area contributed by atoms with Gasteiger partial charge in [0.05, 0.1) is 12.7 Å². The number of aryl methyl sites for hydroxylation is 1. The van der Waals surface area contributed by atoms with Gasteiger partial charge in [-0.3, -0.25) is 4.79 Å². The van der Waals surface area contributed by atoms with Crippen molar-refractivity contribution >= 4 is 23.5 Å². The molecule has 0 atom stereocenters. The Labute approximate surface area is 180 Å². The fourth-order valence-corrected chi connectivity index (χ4v) is 3.10. The van der Waals surface area contributed by atoms with Crippen molar-refractivity contribution in [1.82, 2.24) is 5.32 Å². The largest absolute Gasteiger partial charge is 0.489 e. The minimum atomic E-state index is -0.393. The number of hydrogen-bond donors (Lipinski definition) is 1. The highest BCUT2D eigenvalue weighted by Crippen LogP contribution is 2.20. The molecule has 3 aromatic rings. The van der Waals surface area contributed by atoms with Crippen LogP contribution >= 0.6 is 11.6 Å². The van der Waals surface area contributed by atoms with Gasteiger partial charge in [-0.15, -0.1) is 0 Å². The van der Waals surface area contributed by atoms with Crippen molar-refractivity contribution in [3.8, 4) is 5.75 Å². The van der Waals surface area contributed by atoms with Gasteiger partial charge in [-0.25, -0.2) is 4.79 Å². The van der Waals surface area contributed by atoms with Crippen LogP contribution in [0.25, 0.3) is 0 Å². The van der Waals surface area contributed by atoms with Crippen LogP contribution in [0.4, 0.5) is 0 Å². The van der Waals surface area contributed by atoms with E-state index in [4.69, 9.17) is 16.3 Å². The summed E-state index contributed by atoms with van der Waals surface area (Å²) in [6, 6.07) is 19.8. The van der Waals surface area contributed by atoms with Crippen LogP contribution in [0, 0.1) is 6.92 Å². The minimum absolute atomic E-state index is 0.197. The van der Waals surface area contributed by atoms with Gasteiger partial charge in [0, 0.05) is 17.1 Å². The summed E-state index contributed by atoms with van der Waals surface area (Å²) >= 11 is 6.00. The van der Waals surface area contributed by atoms with Gasteiger partial charge in [0.2, 0.25) is 0 Å². The zero-order valence-corrected chi connectivity index (χ0v) is 17.5. The maximum Gasteiger partial charge on any atom is 0.337 e. The van der Waals surface area contributed by atoms with Crippen molar-refractivity contribution in [2.75, 3.05) is 7.11 Å². The van der Waals surface area contributed by atoms with Crippen LogP contribution in [0.5, 0.6) is 5.75 Å². The van der Waals surface area contributed by atoms with Gasteiger partial charge in [0.1, 0.15) is 12.4 Å². The zero-order valence-electron chi connectivity index (χ0n) is 16.8. The predicted octanol–water partition coefficient (Wildman–Crippen LogP) is 4.94. The Balaban J connectivity index is 1.62. The highest BCUT2D eigenvalue weighted by Gasteiger charge is 2.11. The predicted molar refractivity (Wildman–Crippen MR) is 116 cm³/mol. The first-order valence-electron chi connectivity index (χ1n) is 9.39. The van der Waals surface area contributed by atoms with Crippen LogP contribution in [0.15, 0.2) is 66.7 Å². The summed E-state index contributed by atoms with van der Waals surface area (Å²) < 4.78 is 10.5. The highest BCUT2D eigenvalue weighted by molar-refractivity contribution is 6.30. The molecule has 0 radical (unpaired) electrons. The summed E-state index contributed by atoms with van der Waals surface area (Å²) in [4.78, 5) is 24.2. The number of carbonyl (C=O) groups is 2. The SMILES string of the molecule is COC(=O)c1ccc(CNC(=O)c2cc(OCc3cccc(Cl)c3)ccc2C)cc1. The summed E-state index contributed by atoms with van der Waals surface area (Å²) in [7, 11) is 1.34. The van der Waals surface area contributed by atoms with E-state index in [0.29, 0.717) is 35.1 Å². The van der Waals surface area contributed by atoms with Gasteiger partial charge in [0.15, 0.2) is 0 Å². The first-order valence-corrected chi connectivity index (χ1v) is 9.77. The quantitative estimate of drug-likeness (QED) is 0.546. The van der Waals surface area contributed by atoms with Crippen LogP contribution in [0.3, 0.4) is 0 Å². The average Bonchev–Trinajstić information content (AvgIpc) is 2.76. The topological polar surface area (TPSA) is 64.6 Å². The van der Waals surface area contributed by atoms with Gasteiger partial charge in [-0.1, -0.05) is 41.9 Å². The Morgan fingerprint density at radius 2 is 1.73 bits per heavy atom. The summed E-state index contributed by atoms with van der Waals surface area (Å²) in [5, 5.41) is 3.55. The zero-order chi connectivity index (χ0) is 21.5. The Morgan fingerprint density at radius 1 is 0.967 bits per heavy atom. The standard InChI is InChI=1S/C24H22ClNO4/c1-16-6-11-21(30-15-18-4-3-5-20(25)12-18)13-22(16)23(27)26-14-17-7-9-19(10-8-17)24(28)29-2/h3-13H,14-15H2,1-2H3,(H,26,27). The van der Waals surface area contributed by atoms with Crippen molar-refractivity contribution in [2.24, 2.45) is 0 Å². The smallest absolute Gasteiger partial charge is 0.337 e. The van der Waals surface area contributed by atoms with Gasteiger partial charge < -0.3 is 14.8 Å². The number of ether oxygens (including phenoxy) is 2. The number of nitrogens with one attached hydrogen (secondary N) is 1. The van der Waals surface area contributed by atoms with E-state index < -0.39 is 5.97 Å². The van der Waals surface area contributed by atoms with Crippen molar-refractivity contribution in [3.63, 3.8) is 0 Å². The van der Waals surface area contributed by atoms with Gasteiger partial charge in [-0.2, -0.15) is 0 Å². The van der Waals surface area contributed by atoms with E-state index in [1.807, 2.05) is 43.3 Å². The number of halogens is 1. The number of amides is 1. The van der Waals surface area contributed by atoms with Crippen LogP contribution in [0.2, 0.25) is 5.02 Å². The molecular formula is C24H22ClNO4. The molecule has 0 aliphatic carbocycles. The molecule has 5 nitrogen and oxygen atoms in total. The number of benzene rings is 3. The molecule has 0 saturated carbocycles. The van der Waals surface area contributed by atoms with E-state index >= 15 is 0 Å². The van der Waals surface area contributed by atoms with E-state index in [-0.39, 0.29) is 5.91 Å². The maximum absolute atomic E-state index is 12.7. The minimum Gasteiger partial charge on any atom is -0.489 e. The summed E-state index contributed by atoms with van der Waals surface area (Å²) in [6.07, 6.45) is 0. The fourth-order valence-electron chi connectivity index (χ4n) is 2.88. The Hall–Kier alpha value is -3.31. The lowest BCUT2D eigenvalue weighted by Gasteiger charge is -2.12. The van der Waals surface area contributed by atoms with E-state index in [1.165, 1.54) is 7.11 Å². The molecule has 1 N–H and O–H groups in total. The lowest BCUT2D eigenvalue weighted by molar-refractivity contribution is 0.0600. The first kappa shape index (κ1) is 21.4. The third kappa shape index (κ3) is 5.61. The van der Waals surface area contributed by atoms with Crippen LogP contribution in [0.1, 0.15) is 37.4 Å². The second-order valence-corrected chi connectivity index (χ2v) is 7.20. The molecule has 0 spiro atoms. The molecule has 0 unspecified atom stereocenters. The molecule has 0 heterocycles. The molecule has 1 amide bonds. The van der Waals surface area contributed by atoms with E-state index in [2.05, 4.69) is 10.1 Å². The van der Waals surface area contributed by atoms with Gasteiger partial charge in [0.25, 0.3) is 5.91 Å². The van der Waals surface area contributed by atoms with Crippen molar-refractivity contribution < 1.29 is 19.1 Å². The van der Waals surface area contributed by atoms with E-state index in [9.17, 15) is 9.59 Å². The molecule has 0 aromatic heterocycles. The van der Waals surface area contributed by atoms with Crippen LogP contribution < -0.4 is 10.1 Å². The number of rotatable bonds is 7. The Bertz CT molecular complexity index is 1050. The second-order valence-electron chi connectivity index (χ2n) is 6.77. The van der Waals surface area contributed by atoms with Gasteiger partial charge >= 0.3 is 5.97 Å². The normalized spacial score (nSPS) is 10.4. The van der Waals surface area contributed by atoms with Gasteiger partial charge in [-0.05, 0) is 60.0 Å². The second kappa shape index (κ2) is 9.94. The molecule has 0 bridgehead atoms. The van der Waals surface area contributed by atoms with Crippen molar-refractivity contribution in [1.29, 1.82) is 0 Å². The monoisotopic (exact) mass is 423 g/mol. The molecular weight excluding hydrogens is 402 g/mol. The lowest BCUT2D eigenvalue weighted by atomic mass is 10.1. The third-order valence-electron chi connectivity index (χ3n) is 4.58. The fraction of sp³-hybridized carbons (Fsp3) is 0.167. The highest BCUT2D eigenvalue weighted by atomic mass is 35.5. The van der Waals surface area contributed by atoms with Crippen LogP contribution in [-0.2, 0) is 17.9 Å². The molecule has 3 aromatic carbocycles. The van der Waals surface area contributed by atoms with E-state index in [0.717, 1.165) is 16.7 Å². The number of methoxy groups -OCH3 is 1.